The van der Waals surface area contributed by atoms with Crippen molar-refractivity contribution >= 4 is 17.6 Å². The van der Waals surface area contributed by atoms with Gasteiger partial charge in [-0.2, -0.15) is 5.10 Å². The summed E-state index contributed by atoms with van der Waals surface area (Å²) in [6.45, 7) is 5.94. The molecular formula is C24H27FN4O3. The van der Waals surface area contributed by atoms with Gasteiger partial charge in [-0.05, 0) is 48.5 Å². The minimum atomic E-state index is -0.427. The Morgan fingerprint density at radius 2 is 1.72 bits per heavy atom. The van der Waals surface area contributed by atoms with Crippen molar-refractivity contribution in [1.29, 1.82) is 0 Å². The first-order chi connectivity index (χ1) is 15.1. The largest absolute Gasteiger partial charge is 0.497 e. The Balaban J connectivity index is 1.80. The van der Waals surface area contributed by atoms with Gasteiger partial charge in [0.2, 0.25) is 5.91 Å². The first-order valence-electron chi connectivity index (χ1n) is 10.1. The number of methoxy groups -OCH3 is 1. The number of nitrogens with zero attached hydrogens (tertiary/aromatic N) is 3. The molecule has 8 heteroatoms. The summed E-state index contributed by atoms with van der Waals surface area (Å²) in [5.41, 5.74) is 1.64. The maximum absolute atomic E-state index is 13.1. The summed E-state index contributed by atoms with van der Waals surface area (Å²) in [6.07, 6.45) is 0. The number of benzene rings is 2. The number of hydrogen-bond acceptors (Lipinski definition) is 4. The Bertz CT molecular complexity index is 1100. The Kier molecular flexibility index (Phi) is 6.62. The Labute approximate surface area is 186 Å². The van der Waals surface area contributed by atoms with Crippen LogP contribution in [0.1, 0.15) is 36.8 Å². The number of ether oxygens (including phenoxy) is 1. The third-order valence-corrected chi connectivity index (χ3v) is 4.88. The van der Waals surface area contributed by atoms with Gasteiger partial charge in [0.1, 0.15) is 17.4 Å². The summed E-state index contributed by atoms with van der Waals surface area (Å²) in [4.78, 5) is 26.5. The summed E-state index contributed by atoms with van der Waals surface area (Å²) in [7, 11) is 3.11. The van der Waals surface area contributed by atoms with Crippen LogP contribution in [0.4, 0.5) is 10.2 Å². The van der Waals surface area contributed by atoms with Gasteiger partial charge < -0.3 is 15.0 Å². The molecule has 1 aromatic heterocycles. The molecule has 2 amide bonds. The van der Waals surface area contributed by atoms with E-state index in [9.17, 15) is 14.0 Å². The zero-order valence-corrected chi connectivity index (χ0v) is 18.8. The highest BCUT2D eigenvalue weighted by molar-refractivity contribution is 5.99. The lowest BCUT2D eigenvalue weighted by atomic mass is 9.92. The van der Waals surface area contributed by atoms with Crippen LogP contribution in [0.2, 0.25) is 0 Å². The van der Waals surface area contributed by atoms with E-state index in [-0.39, 0.29) is 23.8 Å². The van der Waals surface area contributed by atoms with Crippen molar-refractivity contribution in [2.45, 2.75) is 26.2 Å². The zero-order valence-electron chi connectivity index (χ0n) is 18.8. The Hall–Kier alpha value is -3.68. The van der Waals surface area contributed by atoms with Crippen molar-refractivity contribution in [1.82, 2.24) is 14.7 Å². The molecule has 168 valence electrons. The molecule has 2 aromatic carbocycles. The fourth-order valence-electron chi connectivity index (χ4n) is 3.04. The lowest BCUT2D eigenvalue weighted by Gasteiger charge is -2.17. The third-order valence-electron chi connectivity index (χ3n) is 4.88. The minimum Gasteiger partial charge on any atom is -0.497 e. The molecule has 0 fully saturated rings. The molecule has 1 heterocycles. The van der Waals surface area contributed by atoms with Gasteiger partial charge in [0.05, 0.1) is 25.0 Å². The number of carbonyl (C=O) groups excluding carboxylic acids is 2. The van der Waals surface area contributed by atoms with Gasteiger partial charge in [-0.15, -0.1) is 0 Å². The first-order valence-corrected chi connectivity index (χ1v) is 10.1. The number of nitrogens with one attached hydrogen (secondary N) is 1. The molecule has 1 N–H and O–H groups in total. The second-order valence-corrected chi connectivity index (χ2v) is 8.49. The van der Waals surface area contributed by atoms with E-state index in [0.717, 1.165) is 11.4 Å². The quantitative estimate of drug-likeness (QED) is 0.631. The molecule has 32 heavy (non-hydrogen) atoms. The van der Waals surface area contributed by atoms with E-state index in [1.54, 1.807) is 11.8 Å². The minimum absolute atomic E-state index is 0.172. The molecule has 0 atom stereocenters. The van der Waals surface area contributed by atoms with Crippen molar-refractivity contribution in [2.75, 3.05) is 26.0 Å². The molecule has 0 aliphatic heterocycles. The first kappa shape index (κ1) is 23.0. The number of aromatic nitrogens is 2. The van der Waals surface area contributed by atoms with Crippen molar-refractivity contribution in [3.63, 3.8) is 0 Å². The smallest absolute Gasteiger partial charge is 0.254 e. The summed E-state index contributed by atoms with van der Waals surface area (Å²) < 4.78 is 20.0. The highest BCUT2D eigenvalue weighted by atomic mass is 19.1. The fourth-order valence-corrected chi connectivity index (χ4v) is 3.04. The summed E-state index contributed by atoms with van der Waals surface area (Å²) in [5.74, 6) is 0.0249. The molecule has 0 saturated carbocycles. The van der Waals surface area contributed by atoms with Crippen LogP contribution in [-0.2, 0) is 10.2 Å². The predicted molar refractivity (Wildman–Crippen MR) is 121 cm³/mol. The van der Waals surface area contributed by atoms with E-state index >= 15 is 0 Å². The van der Waals surface area contributed by atoms with Crippen molar-refractivity contribution < 1.29 is 18.7 Å². The molecule has 3 rings (SSSR count). The molecule has 7 nitrogen and oxygen atoms in total. The van der Waals surface area contributed by atoms with Crippen LogP contribution in [0.3, 0.4) is 0 Å². The number of anilines is 1. The van der Waals surface area contributed by atoms with Gasteiger partial charge in [0, 0.05) is 24.1 Å². The van der Waals surface area contributed by atoms with Crippen molar-refractivity contribution in [3.05, 3.63) is 71.7 Å². The predicted octanol–water partition coefficient (Wildman–Crippen LogP) is 4.03. The maximum atomic E-state index is 13.1. The van der Waals surface area contributed by atoms with E-state index in [1.807, 2.05) is 51.1 Å². The van der Waals surface area contributed by atoms with E-state index in [0.29, 0.717) is 17.1 Å². The van der Waals surface area contributed by atoms with E-state index in [4.69, 9.17) is 4.74 Å². The van der Waals surface area contributed by atoms with Gasteiger partial charge in [0.15, 0.2) is 0 Å². The lowest BCUT2D eigenvalue weighted by Crippen LogP contribution is -2.35. The van der Waals surface area contributed by atoms with Crippen molar-refractivity contribution in [3.8, 4) is 11.4 Å². The molecule has 0 bridgehead atoms. The highest BCUT2D eigenvalue weighted by Crippen LogP contribution is 2.27. The van der Waals surface area contributed by atoms with Crippen LogP contribution < -0.4 is 10.1 Å². The average Bonchev–Trinajstić information content (AvgIpc) is 3.18. The number of rotatable bonds is 6. The maximum Gasteiger partial charge on any atom is 0.254 e. The van der Waals surface area contributed by atoms with Crippen LogP contribution in [0.25, 0.3) is 5.69 Å². The number of amides is 2. The molecule has 3 aromatic rings. The van der Waals surface area contributed by atoms with Gasteiger partial charge in [-0.1, -0.05) is 20.8 Å². The van der Waals surface area contributed by atoms with Gasteiger partial charge in [0.25, 0.3) is 5.91 Å². The number of likely N-dealkylation sites (N-methyl/N-ethyl adjacent to an activating group) is 1. The molecule has 0 unspecified atom stereocenters. The Morgan fingerprint density at radius 3 is 2.28 bits per heavy atom. The SMILES string of the molecule is COc1ccc(-n2nc(C(C)(C)C)cc2NC(=O)CN(C)C(=O)c2ccc(F)cc2)cc1. The number of hydrogen-bond donors (Lipinski definition) is 1. The van der Waals surface area contributed by atoms with Gasteiger partial charge >= 0.3 is 0 Å². The Morgan fingerprint density at radius 1 is 1.09 bits per heavy atom. The summed E-state index contributed by atoms with van der Waals surface area (Å²) >= 11 is 0. The molecule has 0 aliphatic carbocycles. The lowest BCUT2D eigenvalue weighted by molar-refractivity contribution is -0.116. The van der Waals surface area contributed by atoms with E-state index in [2.05, 4.69) is 10.4 Å². The van der Waals surface area contributed by atoms with Crippen LogP contribution in [0, 0.1) is 5.82 Å². The second kappa shape index (κ2) is 9.21. The second-order valence-electron chi connectivity index (χ2n) is 8.49. The fraction of sp³-hybridized carbons (Fsp3) is 0.292. The van der Waals surface area contributed by atoms with Gasteiger partial charge in [-0.3, -0.25) is 9.59 Å². The van der Waals surface area contributed by atoms with E-state index < -0.39 is 5.82 Å². The monoisotopic (exact) mass is 438 g/mol. The summed E-state index contributed by atoms with van der Waals surface area (Å²) in [6, 6.07) is 14.3. The normalized spacial score (nSPS) is 11.2. The van der Waals surface area contributed by atoms with E-state index in [1.165, 1.54) is 36.2 Å². The van der Waals surface area contributed by atoms with Crippen LogP contribution in [-0.4, -0.2) is 47.2 Å². The standard InChI is InChI=1S/C24H27FN4O3/c1-24(2,3)20-14-21(29(27-20)18-10-12-19(32-5)13-11-18)26-22(30)15-28(4)23(31)16-6-8-17(25)9-7-16/h6-14H,15H2,1-5H3,(H,26,30). The van der Waals surface area contributed by atoms with Gasteiger partial charge in [-0.25, -0.2) is 9.07 Å². The topological polar surface area (TPSA) is 76.5 Å². The number of carbonyl (C=O) groups is 2. The van der Waals surface area contributed by atoms with Crippen molar-refractivity contribution in [2.24, 2.45) is 0 Å². The van der Waals surface area contributed by atoms with Crippen LogP contribution in [0.5, 0.6) is 5.75 Å². The molecule has 0 spiro atoms. The molecule has 0 saturated heterocycles. The molecule has 0 aliphatic rings. The van der Waals surface area contributed by atoms with Crippen LogP contribution >= 0.6 is 0 Å². The third kappa shape index (κ3) is 5.32. The van der Waals surface area contributed by atoms with Crippen LogP contribution in [0.15, 0.2) is 54.6 Å². The number of halogens is 1. The highest BCUT2D eigenvalue weighted by Gasteiger charge is 2.22. The summed E-state index contributed by atoms with van der Waals surface area (Å²) in [5, 5.41) is 7.53. The average molecular weight is 439 g/mol. The molecular weight excluding hydrogens is 411 g/mol. The zero-order chi connectivity index (χ0) is 23.5. The molecule has 0 radical (unpaired) electrons.